The van der Waals surface area contributed by atoms with Gasteiger partial charge in [0.2, 0.25) is 0 Å². The highest BCUT2D eigenvalue weighted by Crippen LogP contribution is 2.22. The minimum Gasteiger partial charge on any atom is -0.489 e. The van der Waals surface area contributed by atoms with Crippen molar-refractivity contribution < 1.29 is 9.53 Å². The molecule has 0 radical (unpaired) electrons. The third-order valence-corrected chi connectivity index (χ3v) is 5.53. The van der Waals surface area contributed by atoms with Crippen molar-refractivity contribution in [2.75, 3.05) is 5.32 Å². The van der Waals surface area contributed by atoms with Gasteiger partial charge in [-0.05, 0) is 66.1 Å². The molecule has 162 valence electrons. The SMILES string of the molecule is Cc1cc(OCc2ccc(C(=O)Nc3ccn(Cc4cccc(Cl)c4)n3)cc2)ccc1Cl. The fourth-order valence-corrected chi connectivity index (χ4v) is 3.48. The molecular weight excluding hydrogens is 445 g/mol. The molecule has 4 aromatic rings. The number of aryl methyl sites for hydroxylation is 1. The smallest absolute Gasteiger partial charge is 0.256 e. The summed E-state index contributed by atoms with van der Waals surface area (Å²) in [7, 11) is 0. The number of benzene rings is 3. The maximum absolute atomic E-state index is 12.6. The van der Waals surface area contributed by atoms with Crippen LogP contribution in [-0.2, 0) is 13.2 Å². The minimum absolute atomic E-state index is 0.223. The Kier molecular flexibility index (Phi) is 6.78. The van der Waals surface area contributed by atoms with Crippen LogP contribution in [0.15, 0.2) is 79.0 Å². The van der Waals surface area contributed by atoms with Gasteiger partial charge in [0.15, 0.2) is 5.82 Å². The Morgan fingerprint density at radius 3 is 2.56 bits per heavy atom. The van der Waals surface area contributed by atoms with Gasteiger partial charge in [-0.25, -0.2) is 0 Å². The predicted octanol–water partition coefficient (Wildman–Crippen LogP) is 6.38. The minimum atomic E-state index is -0.223. The van der Waals surface area contributed by atoms with E-state index in [4.69, 9.17) is 27.9 Å². The van der Waals surface area contributed by atoms with E-state index in [0.29, 0.717) is 34.6 Å². The second-order valence-corrected chi connectivity index (χ2v) is 8.22. The molecule has 3 aromatic carbocycles. The van der Waals surface area contributed by atoms with Gasteiger partial charge < -0.3 is 10.1 Å². The normalized spacial score (nSPS) is 10.7. The first-order valence-electron chi connectivity index (χ1n) is 10.0. The second-order valence-electron chi connectivity index (χ2n) is 7.38. The van der Waals surface area contributed by atoms with E-state index in [9.17, 15) is 4.79 Å². The molecule has 0 aliphatic heterocycles. The maximum Gasteiger partial charge on any atom is 0.256 e. The number of aromatic nitrogens is 2. The Bertz CT molecular complexity index is 1240. The number of carbonyl (C=O) groups is 1. The van der Waals surface area contributed by atoms with Gasteiger partial charge in [0.1, 0.15) is 12.4 Å². The molecule has 5 nitrogen and oxygen atoms in total. The molecule has 0 aliphatic rings. The number of nitrogens with zero attached hydrogens (tertiary/aromatic N) is 2. The van der Waals surface area contributed by atoms with E-state index in [1.165, 1.54) is 0 Å². The summed E-state index contributed by atoms with van der Waals surface area (Å²) in [6.45, 7) is 2.90. The number of carbonyl (C=O) groups excluding carboxylic acids is 1. The predicted molar refractivity (Wildman–Crippen MR) is 128 cm³/mol. The van der Waals surface area contributed by atoms with Crippen molar-refractivity contribution in [3.8, 4) is 5.75 Å². The zero-order chi connectivity index (χ0) is 22.5. The van der Waals surface area contributed by atoms with E-state index in [1.807, 2.05) is 67.7 Å². The van der Waals surface area contributed by atoms with Gasteiger partial charge in [-0.1, -0.05) is 47.5 Å². The quantitative estimate of drug-likeness (QED) is 0.344. The summed E-state index contributed by atoms with van der Waals surface area (Å²) in [6.07, 6.45) is 1.81. The number of amides is 1. The van der Waals surface area contributed by atoms with E-state index < -0.39 is 0 Å². The summed E-state index contributed by atoms with van der Waals surface area (Å²) in [4.78, 5) is 12.6. The molecule has 4 rings (SSSR count). The summed E-state index contributed by atoms with van der Waals surface area (Å²) < 4.78 is 7.55. The van der Waals surface area contributed by atoms with E-state index in [-0.39, 0.29) is 5.91 Å². The van der Waals surface area contributed by atoms with Gasteiger partial charge in [-0.2, -0.15) is 5.10 Å². The van der Waals surface area contributed by atoms with E-state index in [0.717, 1.165) is 22.4 Å². The van der Waals surface area contributed by atoms with Crippen LogP contribution < -0.4 is 10.1 Å². The number of ether oxygens (including phenoxy) is 1. The highest BCUT2D eigenvalue weighted by Gasteiger charge is 2.09. The average Bonchev–Trinajstić information content (AvgIpc) is 3.21. The second kappa shape index (κ2) is 9.90. The van der Waals surface area contributed by atoms with Crippen LogP contribution in [0.4, 0.5) is 5.82 Å². The number of hydrogen-bond donors (Lipinski definition) is 1. The Morgan fingerprint density at radius 2 is 1.81 bits per heavy atom. The average molecular weight is 466 g/mol. The zero-order valence-corrected chi connectivity index (χ0v) is 18.9. The Morgan fingerprint density at radius 1 is 1.00 bits per heavy atom. The first kappa shape index (κ1) is 21.9. The van der Waals surface area contributed by atoms with Crippen molar-refractivity contribution in [1.29, 1.82) is 0 Å². The van der Waals surface area contributed by atoms with E-state index in [2.05, 4.69) is 10.4 Å². The van der Waals surface area contributed by atoms with Gasteiger partial charge in [0.25, 0.3) is 5.91 Å². The third kappa shape index (κ3) is 5.69. The van der Waals surface area contributed by atoms with Crippen LogP contribution in [0.3, 0.4) is 0 Å². The van der Waals surface area contributed by atoms with Crippen LogP contribution in [0.5, 0.6) is 5.75 Å². The van der Waals surface area contributed by atoms with Gasteiger partial charge in [0, 0.05) is 27.9 Å². The summed E-state index contributed by atoms with van der Waals surface area (Å²) >= 11 is 12.1. The lowest BCUT2D eigenvalue weighted by Gasteiger charge is -2.09. The molecule has 0 saturated carbocycles. The molecule has 32 heavy (non-hydrogen) atoms. The van der Waals surface area contributed by atoms with Crippen LogP contribution in [0.2, 0.25) is 10.0 Å². The molecule has 0 spiro atoms. The van der Waals surface area contributed by atoms with Crippen molar-refractivity contribution in [2.24, 2.45) is 0 Å². The molecule has 0 atom stereocenters. The lowest BCUT2D eigenvalue weighted by molar-refractivity contribution is 0.102. The summed E-state index contributed by atoms with van der Waals surface area (Å²) in [5.74, 6) is 1.02. The summed E-state index contributed by atoms with van der Waals surface area (Å²) in [5.41, 5.74) is 3.50. The standard InChI is InChI=1S/C25H21Cl2N3O2/c1-17-13-22(9-10-23(17)27)32-16-18-5-7-20(8-6-18)25(31)28-24-11-12-30(29-24)15-19-3-2-4-21(26)14-19/h2-14H,15-16H2,1H3,(H,28,29,31). The van der Waals surface area contributed by atoms with Gasteiger partial charge in [0.05, 0.1) is 6.54 Å². The highest BCUT2D eigenvalue weighted by atomic mass is 35.5. The molecule has 1 N–H and O–H groups in total. The van der Waals surface area contributed by atoms with Crippen LogP contribution in [0, 0.1) is 6.92 Å². The van der Waals surface area contributed by atoms with Crippen molar-refractivity contribution in [2.45, 2.75) is 20.1 Å². The number of anilines is 1. The van der Waals surface area contributed by atoms with Gasteiger partial charge >= 0.3 is 0 Å². The molecule has 7 heteroatoms. The van der Waals surface area contributed by atoms with Gasteiger partial charge in [-0.15, -0.1) is 0 Å². The lowest BCUT2D eigenvalue weighted by atomic mass is 10.1. The largest absolute Gasteiger partial charge is 0.489 e. The molecular formula is C25H21Cl2N3O2. The van der Waals surface area contributed by atoms with Crippen LogP contribution in [-0.4, -0.2) is 15.7 Å². The Labute approximate surface area is 196 Å². The summed E-state index contributed by atoms with van der Waals surface area (Å²) in [6, 6.07) is 22.2. The number of rotatable bonds is 7. The molecule has 1 aromatic heterocycles. The highest BCUT2D eigenvalue weighted by molar-refractivity contribution is 6.31. The van der Waals surface area contributed by atoms with Crippen LogP contribution in [0.25, 0.3) is 0 Å². The fraction of sp³-hybridized carbons (Fsp3) is 0.120. The first-order chi connectivity index (χ1) is 15.5. The van der Waals surface area contributed by atoms with Gasteiger partial charge in [-0.3, -0.25) is 9.48 Å². The summed E-state index contributed by atoms with van der Waals surface area (Å²) in [5, 5.41) is 8.62. The molecule has 0 unspecified atom stereocenters. The zero-order valence-electron chi connectivity index (χ0n) is 17.4. The molecule has 0 fully saturated rings. The number of nitrogens with one attached hydrogen (secondary N) is 1. The van der Waals surface area contributed by atoms with E-state index in [1.54, 1.807) is 22.9 Å². The van der Waals surface area contributed by atoms with Crippen molar-refractivity contribution in [3.63, 3.8) is 0 Å². The maximum atomic E-state index is 12.6. The molecule has 0 aliphatic carbocycles. The number of halogens is 2. The molecule has 0 bridgehead atoms. The lowest BCUT2D eigenvalue weighted by Crippen LogP contribution is -2.13. The van der Waals surface area contributed by atoms with E-state index >= 15 is 0 Å². The molecule has 1 amide bonds. The fourth-order valence-electron chi connectivity index (χ4n) is 3.15. The van der Waals surface area contributed by atoms with Crippen LogP contribution >= 0.6 is 23.2 Å². The number of hydrogen-bond acceptors (Lipinski definition) is 3. The Balaban J connectivity index is 1.32. The van der Waals surface area contributed by atoms with Crippen molar-refractivity contribution in [3.05, 3.63) is 111 Å². The Hall–Kier alpha value is -3.28. The van der Waals surface area contributed by atoms with Crippen LogP contribution in [0.1, 0.15) is 27.0 Å². The monoisotopic (exact) mass is 465 g/mol. The van der Waals surface area contributed by atoms with Crippen molar-refractivity contribution >= 4 is 34.9 Å². The molecule has 1 heterocycles. The van der Waals surface area contributed by atoms with Crippen molar-refractivity contribution in [1.82, 2.24) is 9.78 Å². The first-order valence-corrected chi connectivity index (χ1v) is 10.8. The molecule has 0 saturated heterocycles. The third-order valence-electron chi connectivity index (χ3n) is 4.87. The topological polar surface area (TPSA) is 56.1 Å².